The Hall–Kier alpha value is -3.27. The molecule has 202 valence electrons. The number of nitrogens with zero attached hydrogens (tertiary/aromatic N) is 2. The van der Waals surface area contributed by atoms with Gasteiger partial charge in [0.25, 0.3) is 10.0 Å². The predicted molar refractivity (Wildman–Crippen MR) is 149 cm³/mol. The fourth-order valence-electron chi connectivity index (χ4n) is 3.93. The Labute approximate surface area is 233 Å². The van der Waals surface area contributed by atoms with Crippen LogP contribution in [0, 0.1) is 0 Å². The van der Waals surface area contributed by atoms with Crippen molar-refractivity contribution in [2.75, 3.05) is 25.0 Å². The van der Waals surface area contributed by atoms with Gasteiger partial charge in [0.1, 0.15) is 18.3 Å². The number of rotatable bonds is 11. The van der Waals surface area contributed by atoms with Crippen LogP contribution in [0.4, 0.5) is 5.69 Å². The van der Waals surface area contributed by atoms with Gasteiger partial charge in [-0.1, -0.05) is 60.5 Å². The molecule has 11 heteroatoms. The lowest BCUT2D eigenvalue weighted by atomic mass is 10.1. The van der Waals surface area contributed by atoms with Gasteiger partial charge in [0.05, 0.1) is 17.7 Å². The molecule has 3 aromatic carbocycles. The van der Waals surface area contributed by atoms with Crippen LogP contribution in [0.25, 0.3) is 0 Å². The maximum Gasteiger partial charge on any atom is 0.264 e. The van der Waals surface area contributed by atoms with Crippen LogP contribution in [-0.4, -0.2) is 51.9 Å². The first-order valence-electron chi connectivity index (χ1n) is 11.8. The van der Waals surface area contributed by atoms with Crippen LogP contribution in [0.15, 0.2) is 77.7 Å². The summed E-state index contributed by atoms with van der Waals surface area (Å²) in [6, 6.07) is 18.2. The maximum absolute atomic E-state index is 13.9. The highest BCUT2D eigenvalue weighted by molar-refractivity contribution is 7.92. The topological polar surface area (TPSA) is 96.0 Å². The number of anilines is 1. The minimum Gasteiger partial charge on any atom is -0.497 e. The lowest BCUT2D eigenvalue weighted by Gasteiger charge is -2.33. The molecular weight excluding hydrogens is 549 g/mol. The van der Waals surface area contributed by atoms with Crippen LogP contribution < -0.4 is 14.4 Å². The van der Waals surface area contributed by atoms with Gasteiger partial charge in [-0.3, -0.25) is 13.9 Å². The molecule has 1 N–H and O–H groups in total. The third-order valence-corrected chi connectivity index (χ3v) is 8.31. The molecule has 3 aromatic rings. The molecule has 3 rings (SSSR count). The highest BCUT2D eigenvalue weighted by Crippen LogP contribution is 2.28. The zero-order valence-electron chi connectivity index (χ0n) is 21.2. The molecule has 0 aliphatic carbocycles. The van der Waals surface area contributed by atoms with Gasteiger partial charge < -0.3 is 15.0 Å². The summed E-state index contributed by atoms with van der Waals surface area (Å²) in [5.74, 6) is -0.552. The number of sulfonamides is 1. The van der Waals surface area contributed by atoms with Crippen molar-refractivity contribution in [2.45, 2.75) is 30.8 Å². The number of amides is 2. The van der Waals surface area contributed by atoms with E-state index in [9.17, 15) is 18.0 Å². The number of halogens is 2. The lowest BCUT2D eigenvalue weighted by Crippen LogP contribution is -2.51. The Morgan fingerprint density at radius 2 is 1.71 bits per heavy atom. The Morgan fingerprint density at radius 1 is 1.00 bits per heavy atom. The summed E-state index contributed by atoms with van der Waals surface area (Å²) < 4.78 is 33.8. The van der Waals surface area contributed by atoms with Crippen molar-refractivity contribution in [1.29, 1.82) is 0 Å². The molecule has 0 radical (unpaired) electrons. The summed E-state index contributed by atoms with van der Waals surface area (Å²) in [6.45, 7) is 1.17. The molecule has 0 saturated heterocycles. The monoisotopic (exact) mass is 577 g/mol. The number of ether oxygens (including phenoxy) is 1. The highest BCUT2D eigenvalue weighted by atomic mass is 35.5. The number of carbonyl (C=O) groups excluding carboxylic acids is 2. The molecule has 0 saturated carbocycles. The van der Waals surface area contributed by atoms with Crippen LogP contribution in [0.1, 0.15) is 18.9 Å². The smallest absolute Gasteiger partial charge is 0.264 e. The Kier molecular flexibility index (Phi) is 10.0. The first-order valence-corrected chi connectivity index (χ1v) is 14.0. The lowest BCUT2D eigenvalue weighted by molar-refractivity contribution is -0.140. The van der Waals surface area contributed by atoms with E-state index in [1.807, 2.05) is 0 Å². The first kappa shape index (κ1) is 29.3. The summed E-state index contributed by atoms with van der Waals surface area (Å²) in [5.41, 5.74) is 0.796. The summed E-state index contributed by atoms with van der Waals surface area (Å²) in [6.07, 6.45) is 0.293. The van der Waals surface area contributed by atoms with Gasteiger partial charge in [0.2, 0.25) is 11.8 Å². The Morgan fingerprint density at radius 3 is 2.32 bits per heavy atom. The normalized spacial score (nSPS) is 11.9. The predicted octanol–water partition coefficient (Wildman–Crippen LogP) is 4.75. The SMILES string of the molecule is CCC(C(=O)NC)N(Cc1ccc(Cl)cc1Cl)C(=O)CN(c1cccc(OC)c1)S(=O)(=O)c1ccccc1. The van der Waals surface area contributed by atoms with Gasteiger partial charge in [0.15, 0.2) is 0 Å². The summed E-state index contributed by atoms with van der Waals surface area (Å²) in [5, 5.41) is 3.33. The molecule has 0 aliphatic heterocycles. The van der Waals surface area contributed by atoms with Crippen LogP contribution >= 0.6 is 23.2 Å². The molecule has 38 heavy (non-hydrogen) atoms. The number of hydrogen-bond acceptors (Lipinski definition) is 5. The molecule has 2 amide bonds. The van der Waals surface area contributed by atoms with Crippen molar-refractivity contribution in [3.8, 4) is 5.75 Å². The van der Waals surface area contributed by atoms with Crippen LogP contribution in [0.3, 0.4) is 0 Å². The van der Waals surface area contributed by atoms with E-state index in [0.717, 1.165) is 4.31 Å². The summed E-state index contributed by atoms with van der Waals surface area (Å²) in [4.78, 5) is 28.0. The average Bonchev–Trinajstić information content (AvgIpc) is 2.92. The van der Waals surface area contributed by atoms with E-state index in [4.69, 9.17) is 27.9 Å². The molecule has 0 fully saturated rings. The quantitative estimate of drug-likeness (QED) is 0.354. The number of methoxy groups -OCH3 is 1. The fraction of sp³-hybridized carbons (Fsp3) is 0.259. The van der Waals surface area contributed by atoms with Gasteiger partial charge in [-0.2, -0.15) is 0 Å². The van der Waals surface area contributed by atoms with Gasteiger partial charge in [-0.05, 0) is 48.4 Å². The molecule has 0 aliphatic rings. The van der Waals surface area contributed by atoms with E-state index in [1.54, 1.807) is 61.5 Å². The molecule has 8 nitrogen and oxygen atoms in total. The largest absolute Gasteiger partial charge is 0.497 e. The van der Waals surface area contributed by atoms with E-state index < -0.39 is 28.5 Å². The second kappa shape index (κ2) is 13.0. The van der Waals surface area contributed by atoms with Crippen molar-refractivity contribution < 1.29 is 22.7 Å². The number of benzene rings is 3. The number of likely N-dealkylation sites (N-methyl/N-ethyl adjacent to an activating group) is 1. The molecule has 0 aromatic heterocycles. The summed E-state index contributed by atoms with van der Waals surface area (Å²) in [7, 11) is -1.22. The Bertz CT molecular complexity index is 1390. The third kappa shape index (κ3) is 6.78. The minimum absolute atomic E-state index is 0.0151. The van der Waals surface area contributed by atoms with Crippen molar-refractivity contribution >= 4 is 50.7 Å². The standard InChI is InChI=1S/C27H29Cl2N3O5S/c1-4-25(27(34)30-2)31(17-19-13-14-20(28)15-24(19)29)26(33)18-32(21-9-8-10-22(16-21)37-3)38(35,36)23-11-6-5-7-12-23/h5-16,25H,4,17-18H2,1-3H3,(H,30,34). The zero-order chi connectivity index (χ0) is 27.9. The van der Waals surface area contributed by atoms with E-state index in [1.165, 1.54) is 37.3 Å². The third-order valence-electron chi connectivity index (χ3n) is 5.94. The van der Waals surface area contributed by atoms with Crippen molar-refractivity contribution in [2.24, 2.45) is 0 Å². The van der Waals surface area contributed by atoms with E-state index in [2.05, 4.69) is 5.32 Å². The molecule has 1 unspecified atom stereocenters. The molecule has 0 bridgehead atoms. The molecule has 0 spiro atoms. The number of carbonyl (C=O) groups is 2. The molecule has 1 atom stereocenters. The highest BCUT2D eigenvalue weighted by Gasteiger charge is 2.33. The van der Waals surface area contributed by atoms with Gasteiger partial charge in [0, 0.05) is 29.7 Å². The van der Waals surface area contributed by atoms with E-state index >= 15 is 0 Å². The van der Waals surface area contributed by atoms with Crippen molar-refractivity contribution in [1.82, 2.24) is 10.2 Å². The number of hydrogen-bond donors (Lipinski definition) is 1. The average molecular weight is 579 g/mol. The van der Waals surface area contributed by atoms with E-state index in [-0.39, 0.29) is 23.0 Å². The van der Waals surface area contributed by atoms with Gasteiger partial charge in [-0.15, -0.1) is 0 Å². The van der Waals surface area contributed by atoms with Crippen molar-refractivity contribution in [3.63, 3.8) is 0 Å². The zero-order valence-corrected chi connectivity index (χ0v) is 23.6. The van der Waals surface area contributed by atoms with Crippen molar-refractivity contribution in [3.05, 3.63) is 88.4 Å². The van der Waals surface area contributed by atoms with Crippen LogP contribution in [0.2, 0.25) is 10.0 Å². The molecule has 0 heterocycles. The Balaban J connectivity index is 2.08. The maximum atomic E-state index is 13.9. The van der Waals surface area contributed by atoms with Crippen LogP contribution in [0.5, 0.6) is 5.75 Å². The number of nitrogens with one attached hydrogen (secondary N) is 1. The fourth-order valence-corrected chi connectivity index (χ4v) is 5.83. The summed E-state index contributed by atoms with van der Waals surface area (Å²) >= 11 is 12.4. The van der Waals surface area contributed by atoms with Gasteiger partial charge >= 0.3 is 0 Å². The minimum atomic E-state index is -4.17. The first-order chi connectivity index (χ1) is 18.1. The second-order valence-electron chi connectivity index (χ2n) is 8.32. The van der Waals surface area contributed by atoms with Gasteiger partial charge in [-0.25, -0.2) is 8.42 Å². The van der Waals surface area contributed by atoms with Crippen LogP contribution in [-0.2, 0) is 26.2 Å². The second-order valence-corrected chi connectivity index (χ2v) is 11.0. The molecular formula is C27H29Cl2N3O5S. The van der Waals surface area contributed by atoms with E-state index in [0.29, 0.717) is 27.8 Å².